The lowest BCUT2D eigenvalue weighted by Crippen LogP contribution is -2.22. The molecule has 1 aliphatic carbocycles. The zero-order chi connectivity index (χ0) is 22.6. The molecule has 6 nitrogen and oxygen atoms in total. The van der Waals surface area contributed by atoms with Gasteiger partial charge in [0.15, 0.2) is 0 Å². The molecule has 0 bridgehead atoms. The number of hydrogen-bond donors (Lipinski definition) is 2. The van der Waals surface area contributed by atoms with E-state index in [1.54, 1.807) is 31.0 Å². The SMILES string of the molecule is COCc1cccc(C[C@H](O)C=C[C@H]2[C@H](O)CC(=O)[C@@H]2SCCCSCC(=O)OC)c1. The van der Waals surface area contributed by atoms with Gasteiger partial charge in [-0.1, -0.05) is 36.4 Å². The number of carbonyl (C=O) groups excluding carboxylic acids is 2. The molecule has 8 heteroatoms. The lowest BCUT2D eigenvalue weighted by molar-refractivity contribution is -0.137. The Kier molecular flexibility index (Phi) is 11.7. The molecule has 0 amide bonds. The summed E-state index contributed by atoms with van der Waals surface area (Å²) in [5.41, 5.74) is 2.05. The van der Waals surface area contributed by atoms with Crippen molar-refractivity contribution in [3.05, 3.63) is 47.5 Å². The monoisotopic (exact) mass is 468 g/mol. The standard InChI is InChI=1S/C23H32O6S2/c1-28-14-17-6-3-5-16(11-17)12-18(24)7-8-19-20(25)13-21(26)23(19)31-10-4-9-30-15-22(27)29-2/h3,5-8,11,18-20,23-25H,4,9-10,12-15H2,1-2H3/t18-,19+,20-,23-/m1/s1. The molecule has 0 heterocycles. The summed E-state index contributed by atoms with van der Waals surface area (Å²) in [6.07, 6.45) is 3.55. The molecule has 1 aliphatic rings. The van der Waals surface area contributed by atoms with Gasteiger partial charge in [-0.3, -0.25) is 9.59 Å². The number of rotatable bonds is 13. The van der Waals surface area contributed by atoms with E-state index in [1.807, 2.05) is 24.3 Å². The van der Waals surface area contributed by atoms with E-state index in [9.17, 15) is 19.8 Å². The lowest BCUT2D eigenvalue weighted by Gasteiger charge is -2.17. The van der Waals surface area contributed by atoms with E-state index >= 15 is 0 Å². The topological polar surface area (TPSA) is 93.1 Å². The van der Waals surface area contributed by atoms with Crippen molar-refractivity contribution in [2.24, 2.45) is 5.92 Å². The number of hydrogen-bond acceptors (Lipinski definition) is 8. The van der Waals surface area contributed by atoms with E-state index in [0.29, 0.717) is 18.8 Å². The van der Waals surface area contributed by atoms with Crippen LogP contribution in [0.2, 0.25) is 0 Å². The van der Waals surface area contributed by atoms with Gasteiger partial charge in [-0.25, -0.2) is 0 Å². The average molecular weight is 469 g/mol. The van der Waals surface area contributed by atoms with E-state index in [4.69, 9.17) is 4.74 Å². The molecular weight excluding hydrogens is 436 g/mol. The first-order valence-electron chi connectivity index (χ1n) is 10.3. The molecular formula is C23H32O6S2. The number of ketones is 1. The first-order chi connectivity index (χ1) is 14.9. The van der Waals surface area contributed by atoms with E-state index < -0.39 is 12.2 Å². The van der Waals surface area contributed by atoms with Gasteiger partial charge in [0.25, 0.3) is 0 Å². The number of aliphatic hydroxyl groups is 2. The van der Waals surface area contributed by atoms with Crippen LogP contribution < -0.4 is 0 Å². The zero-order valence-corrected chi connectivity index (χ0v) is 19.7. The highest BCUT2D eigenvalue weighted by Gasteiger charge is 2.40. The fraction of sp³-hybridized carbons (Fsp3) is 0.565. The van der Waals surface area contributed by atoms with E-state index in [1.165, 1.54) is 18.9 Å². The van der Waals surface area contributed by atoms with Crippen LogP contribution in [0, 0.1) is 5.92 Å². The maximum atomic E-state index is 12.3. The third kappa shape index (κ3) is 8.98. The number of esters is 1. The van der Waals surface area contributed by atoms with Crippen LogP contribution >= 0.6 is 23.5 Å². The van der Waals surface area contributed by atoms with Crippen LogP contribution in [0.1, 0.15) is 24.0 Å². The molecule has 1 aromatic carbocycles. The van der Waals surface area contributed by atoms with Crippen LogP contribution in [0.5, 0.6) is 0 Å². The van der Waals surface area contributed by atoms with E-state index in [0.717, 1.165) is 29.1 Å². The van der Waals surface area contributed by atoms with Gasteiger partial charge in [0.2, 0.25) is 0 Å². The van der Waals surface area contributed by atoms with Crippen molar-refractivity contribution in [2.75, 3.05) is 31.5 Å². The summed E-state index contributed by atoms with van der Waals surface area (Å²) in [7, 11) is 3.02. The number of carbonyl (C=O) groups is 2. The third-order valence-corrected chi connectivity index (χ3v) is 7.48. The van der Waals surface area contributed by atoms with Crippen LogP contribution in [0.4, 0.5) is 0 Å². The largest absolute Gasteiger partial charge is 0.468 e. The van der Waals surface area contributed by atoms with Gasteiger partial charge in [0.1, 0.15) is 5.78 Å². The van der Waals surface area contributed by atoms with Gasteiger partial charge in [0.05, 0.1) is 36.9 Å². The smallest absolute Gasteiger partial charge is 0.315 e. The third-order valence-electron chi connectivity index (χ3n) is 5.00. The van der Waals surface area contributed by atoms with Crippen molar-refractivity contribution in [3.63, 3.8) is 0 Å². The summed E-state index contributed by atoms with van der Waals surface area (Å²) in [5.74, 6) is 1.44. The van der Waals surface area contributed by atoms with Crippen molar-refractivity contribution in [1.29, 1.82) is 0 Å². The maximum absolute atomic E-state index is 12.3. The highest BCUT2D eigenvalue weighted by Crippen LogP contribution is 2.34. The number of methoxy groups -OCH3 is 2. The molecule has 0 aliphatic heterocycles. The molecule has 0 aromatic heterocycles. The molecule has 31 heavy (non-hydrogen) atoms. The van der Waals surface area contributed by atoms with Gasteiger partial charge in [-0.05, 0) is 29.1 Å². The summed E-state index contributed by atoms with van der Waals surface area (Å²) in [5, 5.41) is 20.5. The molecule has 0 spiro atoms. The maximum Gasteiger partial charge on any atom is 0.315 e. The fourth-order valence-corrected chi connectivity index (χ4v) is 5.77. The second-order valence-electron chi connectivity index (χ2n) is 7.50. The molecule has 0 radical (unpaired) electrons. The van der Waals surface area contributed by atoms with Crippen molar-refractivity contribution < 1.29 is 29.3 Å². The Morgan fingerprint density at radius 1 is 1.29 bits per heavy atom. The Morgan fingerprint density at radius 2 is 2.06 bits per heavy atom. The van der Waals surface area contributed by atoms with Crippen molar-refractivity contribution in [3.8, 4) is 0 Å². The summed E-state index contributed by atoms with van der Waals surface area (Å²) in [4.78, 5) is 23.4. The number of benzene rings is 1. The minimum Gasteiger partial charge on any atom is -0.468 e. The van der Waals surface area contributed by atoms with Gasteiger partial charge in [0, 0.05) is 25.9 Å². The Morgan fingerprint density at radius 3 is 2.81 bits per heavy atom. The molecule has 0 saturated heterocycles. The normalized spacial score (nSPS) is 22.2. The van der Waals surface area contributed by atoms with Crippen LogP contribution in [0.25, 0.3) is 0 Å². The first-order valence-corrected chi connectivity index (χ1v) is 12.5. The predicted molar refractivity (Wildman–Crippen MR) is 125 cm³/mol. The van der Waals surface area contributed by atoms with Crippen LogP contribution in [0.15, 0.2) is 36.4 Å². The number of ether oxygens (including phenoxy) is 2. The van der Waals surface area contributed by atoms with Crippen molar-refractivity contribution in [1.82, 2.24) is 0 Å². The minimum atomic E-state index is -0.716. The highest BCUT2D eigenvalue weighted by atomic mass is 32.2. The quantitative estimate of drug-likeness (QED) is 0.259. The van der Waals surface area contributed by atoms with Gasteiger partial charge >= 0.3 is 5.97 Å². The molecule has 1 fully saturated rings. The molecule has 2 rings (SSSR count). The Bertz CT molecular complexity index is 739. The van der Waals surface area contributed by atoms with Crippen molar-refractivity contribution in [2.45, 2.75) is 43.3 Å². The first kappa shape index (κ1) is 25.9. The molecule has 0 unspecified atom stereocenters. The zero-order valence-electron chi connectivity index (χ0n) is 18.1. The van der Waals surface area contributed by atoms with Gasteiger partial charge in [-0.2, -0.15) is 11.8 Å². The van der Waals surface area contributed by atoms with E-state index in [2.05, 4.69) is 4.74 Å². The molecule has 2 N–H and O–H groups in total. The number of thioether (sulfide) groups is 2. The number of aliphatic hydroxyl groups excluding tert-OH is 2. The average Bonchev–Trinajstić information content (AvgIpc) is 3.01. The molecule has 1 saturated carbocycles. The van der Waals surface area contributed by atoms with Crippen LogP contribution in [-0.4, -0.2) is 70.9 Å². The van der Waals surface area contributed by atoms with Crippen LogP contribution in [-0.2, 0) is 32.1 Å². The van der Waals surface area contributed by atoms with Crippen LogP contribution in [0.3, 0.4) is 0 Å². The van der Waals surface area contributed by atoms with E-state index in [-0.39, 0.29) is 29.3 Å². The minimum absolute atomic E-state index is 0.0520. The summed E-state index contributed by atoms with van der Waals surface area (Å²) >= 11 is 3.06. The predicted octanol–water partition coefficient (Wildman–Crippen LogP) is 2.64. The van der Waals surface area contributed by atoms with Gasteiger partial charge < -0.3 is 19.7 Å². The fourth-order valence-electron chi connectivity index (χ4n) is 3.47. The Hall–Kier alpha value is -1.32. The summed E-state index contributed by atoms with van der Waals surface area (Å²) in [6, 6.07) is 7.88. The number of Topliss-reactive ketones (excluding diaryl/α,β-unsaturated/α-hetero) is 1. The Labute approximate surface area is 192 Å². The summed E-state index contributed by atoms with van der Waals surface area (Å²) < 4.78 is 9.75. The lowest BCUT2D eigenvalue weighted by atomic mass is 10.0. The molecule has 4 atom stereocenters. The Balaban J connectivity index is 1.83. The van der Waals surface area contributed by atoms with Crippen molar-refractivity contribution >= 4 is 35.3 Å². The molecule has 1 aromatic rings. The second-order valence-corrected chi connectivity index (χ2v) is 9.85. The molecule has 172 valence electrons. The highest BCUT2D eigenvalue weighted by molar-refractivity contribution is 8.01. The van der Waals surface area contributed by atoms with Gasteiger partial charge in [-0.15, -0.1) is 11.8 Å². The second kappa shape index (κ2) is 14.0. The summed E-state index contributed by atoms with van der Waals surface area (Å²) in [6.45, 7) is 0.524.